The number of rotatable bonds is 3. The number of nitrogens with two attached hydrogens (primary N) is 1. The summed E-state index contributed by atoms with van der Waals surface area (Å²) >= 11 is 0. The lowest BCUT2D eigenvalue weighted by atomic mass is 9.86. The number of hydrogen-bond donors (Lipinski definition) is 1. The first-order valence-electron chi connectivity index (χ1n) is 5.88. The predicted molar refractivity (Wildman–Crippen MR) is 68.0 cm³/mol. The molecule has 0 amide bonds. The van der Waals surface area contributed by atoms with Crippen molar-refractivity contribution in [3.05, 3.63) is 71.0 Å². The Morgan fingerprint density at radius 3 is 2.00 bits per heavy atom. The predicted octanol–water partition coefficient (Wildman–Crippen LogP) is 3.52. The van der Waals surface area contributed by atoms with E-state index in [4.69, 9.17) is 5.73 Å². The Kier molecular flexibility index (Phi) is 3.62. The largest absolute Gasteiger partial charge is 0.321 e. The highest BCUT2D eigenvalue weighted by molar-refractivity contribution is 5.30. The van der Waals surface area contributed by atoms with Gasteiger partial charge in [-0.15, -0.1) is 0 Å². The van der Waals surface area contributed by atoms with Crippen LogP contribution in [0.3, 0.4) is 0 Å². The fourth-order valence-corrected chi connectivity index (χ4v) is 2.16. The van der Waals surface area contributed by atoms with Crippen molar-refractivity contribution in [1.82, 2.24) is 0 Å². The normalized spacial score (nSPS) is 14.2. The molecule has 0 heterocycles. The zero-order chi connectivity index (χ0) is 14.0. The topological polar surface area (TPSA) is 26.0 Å². The lowest BCUT2D eigenvalue weighted by Gasteiger charge is -2.26. The number of halogens is 3. The van der Waals surface area contributed by atoms with Crippen molar-refractivity contribution in [3.8, 4) is 0 Å². The lowest BCUT2D eigenvalue weighted by Crippen LogP contribution is -2.37. The summed E-state index contributed by atoms with van der Waals surface area (Å²) in [6, 6.07) is 9.34. The third kappa shape index (κ3) is 2.96. The van der Waals surface area contributed by atoms with Gasteiger partial charge in [0.2, 0.25) is 0 Å². The quantitative estimate of drug-likeness (QED) is 0.902. The van der Waals surface area contributed by atoms with E-state index >= 15 is 0 Å². The molecule has 4 heteroatoms. The lowest BCUT2D eigenvalue weighted by molar-refractivity contribution is 0.425. The van der Waals surface area contributed by atoms with Gasteiger partial charge in [-0.1, -0.05) is 18.2 Å². The smallest absolute Gasteiger partial charge is 0.131 e. The second kappa shape index (κ2) is 5.05. The third-order valence-electron chi connectivity index (χ3n) is 3.02. The van der Waals surface area contributed by atoms with E-state index in [1.807, 2.05) is 0 Å². The minimum absolute atomic E-state index is 0.153. The highest BCUT2D eigenvalue weighted by Crippen LogP contribution is 2.27. The third-order valence-corrected chi connectivity index (χ3v) is 3.02. The average Bonchev–Trinajstić information content (AvgIpc) is 2.31. The van der Waals surface area contributed by atoms with Crippen LogP contribution in [-0.4, -0.2) is 0 Å². The Balaban J connectivity index is 2.34. The van der Waals surface area contributed by atoms with Gasteiger partial charge in [-0.2, -0.15) is 0 Å². The van der Waals surface area contributed by atoms with Gasteiger partial charge < -0.3 is 5.73 Å². The van der Waals surface area contributed by atoms with E-state index in [9.17, 15) is 13.2 Å². The zero-order valence-corrected chi connectivity index (χ0v) is 10.5. The van der Waals surface area contributed by atoms with E-state index in [1.54, 1.807) is 19.1 Å². The first-order chi connectivity index (χ1) is 8.90. The summed E-state index contributed by atoms with van der Waals surface area (Å²) in [5.41, 5.74) is 5.40. The molecule has 2 N–H and O–H groups in total. The summed E-state index contributed by atoms with van der Waals surface area (Å²) in [5.74, 6) is -1.71. The molecule has 0 aliphatic rings. The van der Waals surface area contributed by atoms with E-state index in [1.165, 1.54) is 30.3 Å². The molecule has 1 nitrogen and oxygen atoms in total. The van der Waals surface area contributed by atoms with Crippen LogP contribution in [0.4, 0.5) is 13.2 Å². The van der Waals surface area contributed by atoms with Crippen molar-refractivity contribution < 1.29 is 13.2 Å². The SMILES string of the molecule is CC(N)(Cc1ccc(F)cc1)c1c(F)cccc1F. The van der Waals surface area contributed by atoms with E-state index in [0.717, 1.165) is 0 Å². The van der Waals surface area contributed by atoms with Crippen LogP contribution in [0, 0.1) is 17.5 Å². The van der Waals surface area contributed by atoms with Crippen LogP contribution in [0.25, 0.3) is 0 Å². The van der Waals surface area contributed by atoms with Gasteiger partial charge in [0.25, 0.3) is 0 Å². The zero-order valence-electron chi connectivity index (χ0n) is 10.5. The minimum Gasteiger partial charge on any atom is -0.321 e. The molecular formula is C15H14F3N. The summed E-state index contributed by atoms with van der Waals surface area (Å²) < 4.78 is 40.3. The maximum atomic E-state index is 13.7. The Morgan fingerprint density at radius 1 is 0.947 bits per heavy atom. The summed E-state index contributed by atoms with van der Waals surface area (Å²) in [4.78, 5) is 0. The van der Waals surface area contributed by atoms with Gasteiger partial charge in [0, 0.05) is 11.1 Å². The van der Waals surface area contributed by atoms with Crippen LogP contribution < -0.4 is 5.73 Å². The Hall–Kier alpha value is -1.81. The summed E-state index contributed by atoms with van der Waals surface area (Å²) in [5, 5.41) is 0. The summed E-state index contributed by atoms with van der Waals surface area (Å²) in [6.45, 7) is 1.55. The Bertz CT molecular complexity index is 556. The highest BCUT2D eigenvalue weighted by Gasteiger charge is 2.28. The molecule has 0 aliphatic carbocycles. The first kappa shape index (κ1) is 13.6. The fourth-order valence-electron chi connectivity index (χ4n) is 2.16. The molecule has 2 aromatic carbocycles. The van der Waals surface area contributed by atoms with Gasteiger partial charge in [-0.25, -0.2) is 13.2 Å². The Morgan fingerprint density at radius 2 is 1.47 bits per heavy atom. The van der Waals surface area contributed by atoms with Gasteiger partial charge in [0.15, 0.2) is 0 Å². The van der Waals surface area contributed by atoms with Gasteiger partial charge in [-0.3, -0.25) is 0 Å². The first-order valence-corrected chi connectivity index (χ1v) is 5.88. The molecular weight excluding hydrogens is 251 g/mol. The molecule has 0 aromatic heterocycles. The molecule has 0 fully saturated rings. The molecule has 0 bridgehead atoms. The molecule has 19 heavy (non-hydrogen) atoms. The van der Waals surface area contributed by atoms with E-state index < -0.39 is 17.2 Å². The van der Waals surface area contributed by atoms with Crippen molar-refractivity contribution >= 4 is 0 Å². The van der Waals surface area contributed by atoms with E-state index in [-0.39, 0.29) is 17.8 Å². The molecule has 100 valence electrons. The second-order valence-corrected chi connectivity index (χ2v) is 4.82. The summed E-state index contributed by atoms with van der Waals surface area (Å²) in [6.07, 6.45) is 0.213. The maximum Gasteiger partial charge on any atom is 0.131 e. The van der Waals surface area contributed by atoms with Crippen LogP contribution >= 0.6 is 0 Å². The van der Waals surface area contributed by atoms with Crippen LogP contribution in [-0.2, 0) is 12.0 Å². The molecule has 1 atom stereocenters. The minimum atomic E-state index is -1.20. The Labute approximate surface area is 109 Å². The van der Waals surface area contributed by atoms with Gasteiger partial charge in [0.1, 0.15) is 17.5 Å². The van der Waals surface area contributed by atoms with Crippen molar-refractivity contribution in [3.63, 3.8) is 0 Å². The average molecular weight is 265 g/mol. The van der Waals surface area contributed by atoms with E-state index in [2.05, 4.69) is 0 Å². The maximum absolute atomic E-state index is 13.7. The highest BCUT2D eigenvalue weighted by atomic mass is 19.1. The molecule has 0 saturated heterocycles. The number of benzene rings is 2. The van der Waals surface area contributed by atoms with Crippen LogP contribution in [0.15, 0.2) is 42.5 Å². The van der Waals surface area contributed by atoms with Crippen molar-refractivity contribution in [2.24, 2.45) is 5.73 Å². The number of hydrogen-bond acceptors (Lipinski definition) is 1. The van der Waals surface area contributed by atoms with Gasteiger partial charge in [0.05, 0.1) is 0 Å². The van der Waals surface area contributed by atoms with Crippen LogP contribution in [0.5, 0.6) is 0 Å². The van der Waals surface area contributed by atoms with Crippen molar-refractivity contribution in [1.29, 1.82) is 0 Å². The molecule has 2 aromatic rings. The monoisotopic (exact) mass is 265 g/mol. The van der Waals surface area contributed by atoms with Gasteiger partial charge >= 0.3 is 0 Å². The molecule has 0 radical (unpaired) electrons. The molecule has 0 saturated carbocycles. The molecule has 0 spiro atoms. The van der Waals surface area contributed by atoms with Crippen LogP contribution in [0.2, 0.25) is 0 Å². The molecule has 1 unspecified atom stereocenters. The summed E-state index contributed by atoms with van der Waals surface area (Å²) in [7, 11) is 0. The van der Waals surface area contributed by atoms with E-state index in [0.29, 0.717) is 5.56 Å². The molecule has 2 rings (SSSR count). The second-order valence-electron chi connectivity index (χ2n) is 4.82. The fraction of sp³-hybridized carbons (Fsp3) is 0.200. The van der Waals surface area contributed by atoms with Crippen LogP contribution in [0.1, 0.15) is 18.1 Å². The standard InChI is InChI=1S/C15H14F3N/c1-15(19,9-10-5-7-11(16)8-6-10)14-12(17)3-2-4-13(14)18/h2-8H,9,19H2,1H3. The van der Waals surface area contributed by atoms with Crippen molar-refractivity contribution in [2.45, 2.75) is 18.9 Å². The van der Waals surface area contributed by atoms with Gasteiger partial charge in [-0.05, 0) is 43.2 Å². The molecule has 0 aliphatic heterocycles. The van der Waals surface area contributed by atoms with Crippen molar-refractivity contribution in [2.75, 3.05) is 0 Å².